The lowest BCUT2D eigenvalue weighted by Gasteiger charge is -2.34. The van der Waals surface area contributed by atoms with Crippen molar-refractivity contribution < 1.29 is 4.79 Å². The van der Waals surface area contributed by atoms with Crippen LogP contribution in [0.25, 0.3) is 21.8 Å². The molecule has 0 atom stereocenters. The van der Waals surface area contributed by atoms with Crippen molar-refractivity contribution in [2.45, 2.75) is 6.92 Å². The largest absolute Gasteiger partial charge is 0.339 e. The average Bonchev–Trinajstić information content (AvgIpc) is 3.00. The number of carbonyl (C=O) groups excluding carboxylic acids is 1. The summed E-state index contributed by atoms with van der Waals surface area (Å²) in [6, 6.07) is 9.43. The second-order valence-electron chi connectivity index (χ2n) is 6.58. The van der Waals surface area contributed by atoms with Crippen molar-refractivity contribution >= 4 is 27.7 Å². The Labute approximate surface area is 145 Å². The van der Waals surface area contributed by atoms with Crippen LogP contribution in [0.4, 0.5) is 0 Å². The second kappa shape index (κ2) is 6.04. The van der Waals surface area contributed by atoms with Crippen LogP contribution in [0.1, 0.15) is 17.4 Å². The number of aryl methyl sites for hydroxylation is 1. The number of benzene rings is 1. The molecule has 1 N–H and O–H groups in total. The van der Waals surface area contributed by atoms with Crippen LogP contribution in [0, 0.1) is 0 Å². The van der Waals surface area contributed by atoms with Gasteiger partial charge in [0.1, 0.15) is 5.69 Å². The molecule has 0 radical (unpaired) electrons. The van der Waals surface area contributed by atoms with E-state index < -0.39 is 0 Å². The Morgan fingerprint density at radius 2 is 1.84 bits per heavy atom. The minimum absolute atomic E-state index is 0.00191. The monoisotopic (exact) mass is 338 g/mol. The van der Waals surface area contributed by atoms with Gasteiger partial charge >= 0.3 is 0 Å². The third kappa shape index (κ3) is 2.53. The van der Waals surface area contributed by atoms with Crippen LogP contribution >= 0.6 is 0 Å². The van der Waals surface area contributed by atoms with Gasteiger partial charge in [-0.25, -0.2) is 0 Å². The highest BCUT2D eigenvalue weighted by molar-refractivity contribution is 6.07. The van der Waals surface area contributed by atoms with E-state index in [0.717, 1.165) is 49.1 Å². The van der Waals surface area contributed by atoms with E-state index in [0.29, 0.717) is 11.1 Å². The third-order valence-corrected chi connectivity index (χ3v) is 5.23. The molecule has 1 saturated heterocycles. The van der Waals surface area contributed by atoms with Crippen molar-refractivity contribution in [1.29, 1.82) is 0 Å². The fourth-order valence-electron chi connectivity index (χ4n) is 3.72. The third-order valence-electron chi connectivity index (χ3n) is 5.23. The molecule has 0 saturated carbocycles. The van der Waals surface area contributed by atoms with E-state index in [1.807, 2.05) is 40.8 Å². The topological polar surface area (TPSA) is 61.3 Å². The number of hydrogen-bond acceptors (Lipinski definition) is 3. The molecule has 0 unspecified atom stereocenters. The molecule has 3 aromatic rings. The number of para-hydroxylation sites is 1. The summed E-state index contributed by atoms with van der Waals surface area (Å²) in [6.07, 6.45) is 0. The first-order valence-electron chi connectivity index (χ1n) is 8.72. The Balaban J connectivity index is 1.80. The van der Waals surface area contributed by atoms with Crippen LogP contribution in [0.2, 0.25) is 0 Å². The lowest BCUT2D eigenvalue weighted by Crippen LogP contribution is -2.48. The van der Waals surface area contributed by atoms with Crippen LogP contribution in [0.3, 0.4) is 0 Å². The van der Waals surface area contributed by atoms with E-state index in [1.165, 1.54) is 0 Å². The van der Waals surface area contributed by atoms with Crippen molar-refractivity contribution in [2.75, 3.05) is 32.7 Å². The summed E-state index contributed by atoms with van der Waals surface area (Å²) >= 11 is 0. The number of aromatic amines is 1. The van der Waals surface area contributed by atoms with Crippen molar-refractivity contribution in [3.05, 3.63) is 46.4 Å². The van der Waals surface area contributed by atoms with Gasteiger partial charge < -0.3 is 19.4 Å². The van der Waals surface area contributed by atoms with Gasteiger partial charge in [-0.1, -0.05) is 25.1 Å². The zero-order valence-electron chi connectivity index (χ0n) is 14.6. The zero-order chi connectivity index (χ0) is 17.6. The fraction of sp³-hybridized carbons (Fsp3) is 0.368. The molecule has 1 aliphatic heterocycles. The lowest BCUT2D eigenvalue weighted by atomic mass is 10.1. The second-order valence-corrected chi connectivity index (χ2v) is 6.58. The number of H-pyrrole nitrogens is 1. The molecule has 2 aromatic heterocycles. The molecule has 1 aliphatic rings. The van der Waals surface area contributed by atoms with Gasteiger partial charge in [0.25, 0.3) is 11.5 Å². The van der Waals surface area contributed by atoms with Crippen LogP contribution in [-0.2, 0) is 7.05 Å². The number of aromatic nitrogens is 2. The number of pyridine rings is 1. The molecule has 3 heterocycles. The Hall–Kier alpha value is -2.60. The Bertz CT molecular complexity index is 1010. The highest BCUT2D eigenvalue weighted by Crippen LogP contribution is 2.24. The standard InChI is InChI=1S/C19H22N4O2/c1-3-22-8-10-23(11-9-22)19(25)16-12-14-17(21(16)2)13-6-4-5-7-15(13)20-18(14)24/h4-7,12H,3,8-11H2,1-2H3,(H,20,24). The maximum Gasteiger partial charge on any atom is 0.270 e. The van der Waals surface area contributed by atoms with Crippen LogP contribution in [0.15, 0.2) is 35.1 Å². The maximum atomic E-state index is 13.0. The van der Waals surface area contributed by atoms with Crippen LogP contribution in [-0.4, -0.2) is 58.0 Å². The number of piperazine rings is 1. The van der Waals surface area contributed by atoms with Crippen molar-refractivity contribution in [3.63, 3.8) is 0 Å². The van der Waals surface area contributed by atoms with E-state index in [2.05, 4.69) is 16.8 Å². The summed E-state index contributed by atoms with van der Waals surface area (Å²) in [4.78, 5) is 32.6. The molecule has 6 nitrogen and oxygen atoms in total. The fourth-order valence-corrected chi connectivity index (χ4v) is 3.72. The number of fused-ring (bicyclic) bond motifs is 3. The first-order chi connectivity index (χ1) is 12.1. The summed E-state index contributed by atoms with van der Waals surface area (Å²) in [5.41, 5.74) is 2.02. The first kappa shape index (κ1) is 15.9. The number of nitrogens with zero attached hydrogens (tertiary/aromatic N) is 3. The Kier molecular flexibility index (Phi) is 3.84. The minimum Gasteiger partial charge on any atom is -0.339 e. The number of carbonyl (C=O) groups is 1. The number of rotatable bonds is 2. The number of amides is 1. The van der Waals surface area contributed by atoms with Gasteiger partial charge in [0, 0.05) is 38.6 Å². The number of nitrogens with one attached hydrogen (secondary N) is 1. The van der Waals surface area contributed by atoms with E-state index in [1.54, 1.807) is 6.07 Å². The smallest absolute Gasteiger partial charge is 0.270 e. The van der Waals surface area contributed by atoms with E-state index in [-0.39, 0.29) is 11.5 Å². The molecule has 4 rings (SSSR count). The maximum absolute atomic E-state index is 13.0. The van der Waals surface area contributed by atoms with E-state index >= 15 is 0 Å². The summed E-state index contributed by atoms with van der Waals surface area (Å²) < 4.78 is 1.86. The molecular formula is C19H22N4O2. The Morgan fingerprint density at radius 1 is 1.12 bits per heavy atom. The van der Waals surface area contributed by atoms with Gasteiger partial charge in [-0.05, 0) is 18.7 Å². The highest BCUT2D eigenvalue weighted by atomic mass is 16.2. The summed E-state index contributed by atoms with van der Waals surface area (Å²) in [6.45, 7) is 6.40. The van der Waals surface area contributed by atoms with Gasteiger partial charge in [-0.2, -0.15) is 0 Å². The number of hydrogen-bond donors (Lipinski definition) is 1. The predicted molar refractivity (Wildman–Crippen MR) is 99.1 cm³/mol. The van der Waals surface area contributed by atoms with Crippen LogP contribution in [0.5, 0.6) is 0 Å². The van der Waals surface area contributed by atoms with Crippen molar-refractivity contribution in [1.82, 2.24) is 19.4 Å². The quantitative estimate of drug-likeness (QED) is 0.775. The first-order valence-corrected chi connectivity index (χ1v) is 8.72. The Morgan fingerprint density at radius 3 is 2.56 bits per heavy atom. The molecule has 0 spiro atoms. The molecule has 1 amide bonds. The summed E-state index contributed by atoms with van der Waals surface area (Å²) in [7, 11) is 1.86. The molecule has 130 valence electrons. The normalized spacial score (nSPS) is 16.0. The molecular weight excluding hydrogens is 316 g/mol. The SMILES string of the molecule is CCN1CCN(C(=O)c2cc3c(=O)[nH]c4ccccc4c3n2C)CC1. The summed E-state index contributed by atoms with van der Waals surface area (Å²) in [5.74, 6) is -0.00191. The number of likely N-dealkylation sites (N-methyl/N-ethyl adjacent to an activating group) is 1. The predicted octanol–water partition coefficient (Wildman–Crippen LogP) is 1.80. The van der Waals surface area contributed by atoms with E-state index in [4.69, 9.17) is 0 Å². The van der Waals surface area contributed by atoms with Crippen molar-refractivity contribution in [3.8, 4) is 0 Å². The molecule has 0 aliphatic carbocycles. The van der Waals surface area contributed by atoms with Crippen molar-refractivity contribution in [2.24, 2.45) is 7.05 Å². The lowest BCUT2D eigenvalue weighted by molar-refractivity contribution is 0.0634. The van der Waals surface area contributed by atoms with Gasteiger partial charge in [0.15, 0.2) is 0 Å². The zero-order valence-corrected chi connectivity index (χ0v) is 14.6. The average molecular weight is 338 g/mol. The van der Waals surface area contributed by atoms with Gasteiger partial charge in [0.05, 0.1) is 16.4 Å². The van der Waals surface area contributed by atoms with Gasteiger partial charge in [0.2, 0.25) is 0 Å². The molecule has 1 aromatic carbocycles. The van der Waals surface area contributed by atoms with Gasteiger partial charge in [-0.3, -0.25) is 9.59 Å². The molecule has 0 bridgehead atoms. The minimum atomic E-state index is -0.154. The molecule has 1 fully saturated rings. The summed E-state index contributed by atoms with van der Waals surface area (Å²) in [5, 5.41) is 1.52. The van der Waals surface area contributed by atoms with E-state index in [9.17, 15) is 9.59 Å². The van der Waals surface area contributed by atoms with Gasteiger partial charge in [-0.15, -0.1) is 0 Å². The molecule has 6 heteroatoms. The molecule has 25 heavy (non-hydrogen) atoms. The highest BCUT2D eigenvalue weighted by Gasteiger charge is 2.25. The van der Waals surface area contributed by atoms with Crippen LogP contribution < -0.4 is 5.56 Å².